The van der Waals surface area contributed by atoms with Gasteiger partial charge in [-0.15, -0.1) is 0 Å². The molecule has 2 heterocycles. The molecule has 0 fully saturated rings. The Balaban J connectivity index is 1.68. The topological polar surface area (TPSA) is 168 Å². The van der Waals surface area contributed by atoms with E-state index >= 15 is 0 Å². The Morgan fingerprint density at radius 1 is 1.24 bits per heavy atom. The highest BCUT2D eigenvalue weighted by atomic mass is 16.4. The number of amides is 1. The first-order valence-corrected chi connectivity index (χ1v) is 10.0. The van der Waals surface area contributed by atoms with Gasteiger partial charge in [-0.2, -0.15) is 0 Å². The number of hydrogen-bond acceptors (Lipinski definition) is 8. The molecule has 1 amide bonds. The number of fused-ring (bicyclic) bond motifs is 1. The summed E-state index contributed by atoms with van der Waals surface area (Å²) < 4.78 is 0. The van der Waals surface area contributed by atoms with Crippen LogP contribution in [0.5, 0.6) is 0 Å². The normalized spacial score (nSPS) is 11.7. The van der Waals surface area contributed by atoms with Crippen molar-refractivity contribution in [3.05, 3.63) is 63.8 Å². The van der Waals surface area contributed by atoms with Gasteiger partial charge in [-0.1, -0.05) is 6.07 Å². The fourth-order valence-electron chi connectivity index (χ4n) is 3.26. The third-order valence-electron chi connectivity index (χ3n) is 4.95. The number of benzene rings is 1. The van der Waals surface area contributed by atoms with Crippen molar-refractivity contribution in [2.45, 2.75) is 32.4 Å². The van der Waals surface area contributed by atoms with Gasteiger partial charge in [0.15, 0.2) is 0 Å². The molecular weight excluding hydrogens is 430 g/mol. The molecule has 3 aromatic rings. The van der Waals surface area contributed by atoms with Gasteiger partial charge in [-0.25, -0.2) is 14.8 Å². The van der Waals surface area contributed by atoms with E-state index < -0.39 is 30.3 Å². The van der Waals surface area contributed by atoms with Gasteiger partial charge in [0.05, 0.1) is 16.5 Å². The molecule has 2 aromatic heterocycles. The molecule has 3 N–H and O–H groups in total. The highest BCUT2D eigenvalue weighted by Crippen LogP contribution is 2.16. The standard InChI is InChI=1S/C22H23N5O6/c1-12-24-16-5-3-13(9-15(16)21(31)25-12)11-27(2)18-7-4-14(10-23-18)20(30)26-17(22(32)33)6-8-19(28)29/h3-5,7,9-10,17H,6,8,11H2,1-2H3,(H,26,30)(H,28,29)(H,32,33)(H,24,25,31)/p-1/t17-/m0/s1. The molecular formula is C22H22N5O6-. The van der Waals surface area contributed by atoms with Gasteiger partial charge in [0.1, 0.15) is 17.7 Å². The zero-order valence-electron chi connectivity index (χ0n) is 18.0. The number of carbonyl (C=O) groups is 3. The summed E-state index contributed by atoms with van der Waals surface area (Å²) in [5.74, 6) is -2.33. The van der Waals surface area contributed by atoms with Crippen molar-refractivity contribution < 1.29 is 24.6 Å². The minimum absolute atomic E-state index is 0.130. The quantitative estimate of drug-likeness (QED) is 0.404. The van der Waals surface area contributed by atoms with Crippen LogP contribution in [-0.4, -0.2) is 51.0 Å². The predicted molar refractivity (Wildman–Crippen MR) is 117 cm³/mol. The smallest absolute Gasteiger partial charge is 0.326 e. The summed E-state index contributed by atoms with van der Waals surface area (Å²) in [5.41, 5.74) is 1.39. The number of aliphatic carboxylic acids is 2. The second-order valence-corrected chi connectivity index (χ2v) is 7.54. The van der Waals surface area contributed by atoms with Crippen LogP contribution >= 0.6 is 0 Å². The van der Waals surface area contributed by atoms with Crippen LogP contribution in [0.1, 0.15) is 34.6 Å². The summed E-state index contributed by atoms with van der Waals surface area (Å²) in [6.07, 6.45) is 0.521. The summed E-state index contributed by atoms with van der Waals surface area (Å²) in [6.45, 7) is 2.15. The van der Waals surface area contributed by atoms with Crippen molar-refractivity contribution in [2.24, 2.45) is 0 Å². The number of aromatic nitrogens is 3. The van der Waals surface area contributed by atoms with Crippen molar-refractivity contribution >= 4 is 34.6 Å². The largest absolute Gasteiger partial charge is 0.550 e. The van der Waals surface area contributed by atoms with E-state index in [-0.39, 0.29) is 17.5 Å². The Hall–Kier alpha value is -4.28. The van der Waals surface area contributed by atoms with Crippen molar-refractivity contribution in [1.82, 2.24) is 20.3 Å². The molecule has 0 aliphatic carbocycles. The summed E-state index contributed by atoms with van der Waals surface area (Å²) in [4.78, 5) is 59.3. The van der Waals surface area contributed by atoms with Gasteiger partial charge in [0.25, 0.3) is 11.5 Å². The van der Waals surface area contributed by atoms with E-state index in [2.05, 4.69) is 20.3 Å². The maximum Gasteiger partial charge on any atom is 0.326 e. The Morgan fingerprint density at radius 2 is 2.00 bits per heavy atom. The molecule has 3 rings (SSSR count). The number of rotatable bonds is 9. The Kier molecular flexibility index (Phi) is 7.01. The molecule has 0 radical (unpaired) electrons. The van der Waals surface area contributed by atoms with E-state index in [4.69, 9.17) is 5.11 Å². The number of pyridine rings is 1. The number of anilines is 1. The fourth-order valence-corrected chi connectivity index (χ4v) is 3.26. The van der Waals surface area contributed by atoms with Gasteiger partial charge >= 0.3 is 5.97 Å². The van der Waals surface area contributed by atoms with Crippen LogP contribution in [-0.2, 0) is 16.1 Å². The number of H-pyrrole nitrogens is 1. The fraction of sp³-hybridized carbons (Fsp3) is 0.273. The van der Waals surface area contributed by atoms with Gasteiger partial charge in [0, 0.05) is 25.8 Å². The monoisotopic (exact) mass is 452 g/mol. The zero-order valence-corrected chi connectivity index (χ0v) is 18.0. The molecule has 33 heavy (non-hydrogen) atoms. The minimum atomic E-state index is -1.40. The zero-order chi connectivity index (χ0) is 24.1. The lowest BCUT2D eigenvalue weighted by Gasteiger charge is -2.19. The lowest BCUT2D eigenvalue weighted by molar-refractivity contribution is -0.305. The third kappa shape index (κ3) is 5.91. The van der Waals surface area contributed by atoms with E-state index in [1.165, 1.54) is 12.3 Å². The first-order chi connectivity index (χ1) is 15.6. The van der Waals surface area contributed by atoms with Crippen molar-refractivity contribution in [2.75, 3.05) is 11.9 Å². The van der Waals surface area contributed by atoms with Crippen molar-refractivity contribution in [3.63, 3.8) is 0 Å². The van der Waals surface area contributed by atoms with Gasteiger partial charge in [-0.3, -0.25) is 9.59 Å². The molecule has 0 bridgehead atoms. The Morgan fingerprint density at radius 3 is 2.64 bits per heavy atom. The third-order valence-corrected chi connectivity index (χ3v) is 4.95. The molecule has 11 nitrogen and oxygen atoms in total. The number of hydrogen-bond donors (Lipinski definition) is 3. The van der Waals surface area contributed by atoms with Gasteiger partial charge in [-0.05, 0) is 49.6 Å². The van der Waals surface area contributed by atoms with E-state index in [0.29, 0.717) is 29.1 Å². The van der Waals surface area contributed by atoms with E-state index in [1.807, 2.05) is 11.0 Å². The number of carboxylic acid groups (broad SMARTS) is 2. The van der Waals surface area contributed by atoms with Crippen LogP contribution < -0.4 is 20.9 Å². The maximum atomic E-state index is 12.3. The van der Waals surface area contributed by atoms with Crippen LogP contribution in [0.25, 0.3) is 10.9 Å². The molecule has 0 saturated carbocycles. The summed E-state index contributed by atoms with van der Waals surface area (Å²) in [5, 5.41) is 22.5. The Labute approximate surface area is 188 Å². The number of carbonyl (C=O) groups excluding carboxylic acids is 2. The van der Waals surface area contributed by atoms with E-state index in [9.17, 15) is 24.3 Å². The molecule has 11 heteroatoms. The van der Waals surface area contributed by atoms with Crippen molar-refractivity contribution in [1.29, 1.82) is 0 Å². The van der Waals surface area contributed by atoms with E-state index in [1.54, 1.807) is 32.2 Å². The first-order valence-electron chi connectivity index (χ1n) is 10.0. The van der Waals surface area contributed by atoms with Crippen LogP contribution in [0, 0.1) is 6.92 Å². The molecule has 0 aliphatic heterocycles. The molecule has 0 saturated heterocycles. The highest BCUT2D eigenvalue weighted by Gasteiger charge is 2.20. The van der Waals surface area contributed by atoms with Gasteiger partial charge in [0.2, 0.25) is 0 Å². The SMILES string of the molecule is Cc1nc2ccc(CN(C)c3ccc(C(=O)N[C@@H](CCC(=O)[O-])C(=O)O)cn3)cc2c(=O)[nH]1. The number of carboxylic acids is 2. The second kappa shape index (κ2) is 9.90. The average molecular weight is 452 g/mol. The molecule has 0 aliphatic rings. The summed E-state index contributed by atoms with van der Waals surface area (Å²) in [7, 11) is 1.80. The number of nitrogens with zero attached hydrogens (tertiary/aromatic N) is 3. The lowest BCUT2D eigenvalue weighted by Crippen LogP contribution is -2.41. The molecule has 0 unspecified atom stereocenters. The first kappa shape index (κ1) is 23.4. The lowest BCUT2D eigenvalue weighted by atomic mass is 10.1. The molecule has 0 spiro atoms. The summed E-state index contributed by atoms with van der Waals surface area (Å²) >= 11 is 0. The number of nitrogens with one attached hydrogen (secondary N) is 2. The average Bonchev–Trinajstić information content (AvgIpc) is 2.76. The summed E-state index contributed by atoms with van der Waals surface area (Å²) in [6, 6.07) is 7.14. The molecule has 172 valence electrons. The van der Waals surface area contributed by atoms with Crippen LogP contribution in [0.15, 0.2) is 41.3 Å². The Bertz CT molecular complexity index is 1250. The number of aryl methyl sites for hydroxylation is 1. The molecule has 1 aromatic carbocycles. The number of aromatic amines is 1. The van der Waals surface area contributed by atoms with Crippen molar-refractivity contribution in [3.8, 4) is 0 Å². The van der Waals surface area contributed by atoms with E-state index in [0.717, 1.165) is 5.56 Å². The van der Waals surface area contributed by atoms with Crippen LogP contribution in [0.3, 0.4) is 0 Å². The van der Waals surface area contributed by atoms with Crippen LogP contribution in [0.2, 0.25) is 0 Å². The second-order valence-electron chi connectivity index (χ2n) is 7.54. The van der Waals surface area contributed by atoms with Crippen LogP contribution in [0.4, 0.5) is 5.82 Å². The maximum absolute atomic E-state index is 12.3. The minimum Gasteiger partial charge on any atom is -0.550 e. The van der Waals surface area contributed by atoms with Gasteiger partial charge < -0.3 is 30.2 Å². The highest BCUT2D eigenvalue weighted by molar-refractivity contribution is 5.96. The molecule has 1 atom stereocenters. The predicted octanol–water partition coefficient (Wildman–Crippen LogP) is -0.0240.